The number of aromatic nitrogens is 2. The lowest BCUT2D eigenvalue weighted by atomic mass is 9.97. The van der Waals surface area contributed by atoms with Crippen LogP contribution >= 0.6 is 0 Å². The summed E-state index contributed by atoms with van der Waals surface area (Å²) < 4.78 is 5.40. The fourth-order valence-corrected chi connectivity index (χ4v) is 2.67. The van der Waals surface area contributed by atoms with Gasteiger partial charge in [-0.3, -0.25) is 4.79 Å². The second kappa shape index (κ2) is 7.67. The maximum atomic E-state index is 12.1. The SMILES string of the molecule is Cc1ncc(C(N)=O)c(NCC2CCN(C(=O)OC(C)(C)C)CC2)n1. The standard InChI is InChI=1S/C17H27N5O3/c1-11-19-10-13(14(18)23)15(21-11)20-9-12-5-7-22(8-6-12)16(24)25-17(2,3)4/h10,12H,5-9H2,1-4H3,(H2,18,23)(H,19,20,21). The molecule has 0 aromatic carbocycles. The van der Waals surface area contributed by atoms with E-state index in [9.17, 15) is 9.59 Å². The summed E-state index contributed by atoms with van der Waals surface area (Å²) in [5.41, 5.74) is 5.17. The number of anilines is 1. The number of carbonyl (C=O) groups is 2. The van der Waals surface area contributed by atoms with E-state index in [0.717, 1.165) is 12.8 Å². The highest BCUT2D eigenvalue weighted by molar-refractivity contribution is 5.97. The van der Waals surface area contributed by atoms with Crippen LogP contribution in [0.25, 0.3) is 0 Å². The number of aryl methyl sites for hydroxylation is 1. The Morgan fingerprint density at radius 1 is 1.36 bits per heavy atom. The van der Waals surface area contributed by atoms with Crippen LogP contribution in [0, 0.1) is 12.8 Å². The molecule has 1 fully saturated rings. The Morgan fingerprint density at radius 2 is 2.00 bits per heavy atom. The van der Waals surface area contributed by atoms with E-state index in [1.54, 1.807) is 11.8 Å². The van der Waals surface area contributed by atoms with Crippen molar-refractivity contribution in [2.24, 2.45) is 11.7 Å². The van der Waals surface area contributed by atoms with Crippen LogP contribution in [0.2, 0.25) is 0 Å². The minimum atomic E-state index is -0.553. The van der Waals surface area contributed by atoms with E-state index in [-0.39, 0.29) is 11.7 Å². The third kappa shape index (κ3) is 5.58. The molecule has 0 unspecified atom stereocenters. The van der Waals surface area contributed by atoms with Gasteiger partial charge < -0.3 is 20.7 Å². The highest BCUT2D eigenvalue weighted by Crippen LogP contribution is 2.21. The van der Waals surface area contributed by atoms with Crippen molar-refractivity contribution in [3.05, 3.63) is 17.6 Å². The summed E-state index contributed by atoms with van der Waals surface area (Å²) >= 11 is 0. The summed E-state index contributed by atoms with van der Waals surface area (Å²) in [4.78, 5) is 33.5. The summed E-state index contributed by atoms with van der Waals surface area (Å²) in [7, 11) is 0. The van der Waals surface area contributed by atoms with E-state index < -0.39 is 11.5 Å². The Labute approximate surface area is 148 Å². The maximum Gasteiger partial charge on any atom is 0.410 e. The molecule has 2 amide bonds. The molecule has 0 radical (unpaired) electrons. The zero-order valence-corrected chi connectivity index (χ0v) is 15.3. The van der Waals surface area contributed by atoms with Crippen LogP contribution in [0.5, 0.6) is 0 Å². The zero-order chi connectivity index (χ0) is 18.6. The van der Waals surface area contributed by atoms with Gasteiger partial charge in [-0.1, -0.05) is 0 Å². The lowest BCUT2D eigenvalue weighted by Gasteiger charge is -2.33. The topological polar surface area (TPSA) is 110 Å². The Bertz CT molecular complexity index is 634. The molecule has 2 rings (SSSR count). The second-order valence-corrected chi connectivity index (χ2v) is 7.34. The van der Waals surface area contributed by atoms with Gasteiger partial charge in [-0.15, -0.1) is 0 Å². The summed E-state index contributed by atoms with van der Waals surface area (Å²) in [6.45, 7) is 9.33. The van der Waals surface area contributed by atoms with Gasteiger partial charge in [0.2, 0.25) is 0 Å². The number of rotatable bonds is 4. The summed E-state index contributed by atoms with van der Waals surface area (Å²) in [6.07, 6.45) is 2.91. The van der Waals surface area contributed by atoms with Crippen molar-refractivity contribution in [1.82, 2.24) is 14.9 Å². The van der Waals surface area contributed by atoms with Crippen LogP contribution in [0.1, 0.15) is 49.8 Å². The number of piperidine rings is 1. The maximum absolute atomic E-state index is 12.1. The molecule has 0 aliphatic carbocycles. The first-order valence-electron chi connectivity index (χ1n) is 8.51. The number of carbonyl (C=O) groups excluding carboxylic acids is 2. The number of likely N-dealkylation sites (tertiary alicyclic amines) is 1. The largest absolute Gasteiger partial charge is 0.444 e. The molecule has 25 heavy (non-hydrogen) atoms. The number of hydrogen-bond acceptors (Lipinski definition) is 6. The molecule has 1 saturated heterocycles. The van der Waals surface area contributed by atoms with Crippen LogP contribution in [0.4, 0.5) is 10.6 Å². The Kier molecular flexibility index (Phi) is 5.81. The fraction of sp³-hybridized carbons (Fsp3) is 0.647. The van der Waals surface area contributed by atoms with Gasteiger partial charge in [-0.2, -0.15) is 0 Å². The van der Waals surface area contributed by atoms with Crippen molar-refractivity contribution in [3.8, 4) is 0 Å². The zero-order valence-electron chi connectivity index (χ0n) is 15.3. The lowest BCUT2D eigenvalue weighted by molar-refractivity contribution is 0.0188. The predicted octanol–water partition coefficient (Wildman–Crippen LogP) is 1.94. The molecular weight excluding hydrogens is 322 g/mol. The highest BCUT2D eigenvalue weighted by atomic mass is 16.6. The van der Waals surface area contributed by atoms with Crippen molar-refractivity contribution >= 4 is 17.8 Å². The Balaban J connectivity index is 1.86. The quantitative estimate of drug-likeness (QED) is 0.859. The smallest absolute Gasteiger partial charge is 0.410 e. The van der Waals surface area contributed by atoms with Crippen molar-refractivity contribution < 1.29 is 14.3 Å². The van der Waals surface area contributed by atoms with E-state index in [0.29, 0.717) is 37.2 Å². The average Bonchev–Trinajstić information content (AvgIpc) is 2.51. The molecule has 3 N–H and O–H groups in total. The number of ether oxygens (including phenoxy) is 1. The first-order valence-corrected chi connectivity index (χ1v) is 8.51. The first-order chi connectivity index (χ1) is 11.7. The van der Waals surface area contributed by atoms with E-state index in [1.165, 1.54) is 6.20 Å². The van der Waals surface area contributed by atoms with Gasteiger partial charge in [-0.05, 0) is 46.5 Å². The molecule has 8 nitrogen and oxygen atoms in total. The van der Waals surface area contributed by atoms with E-state index in [4.69, 9.17) is 10.5 Å². The van der Waals surface area contributed by atoms with Crippen LogP contribution in [0.3, 0.4) is 0 Å². The number of hydrogen-bond donors (Lipinski definition) is 2. The van der Waals surface area contributed by atoms with Gasteiger partial charge in [0.25, 0.3) is 5.91 Å². The summed E-state index contributed by atoms with van der Waals surface area (Å²) in [6, 6.07) is 0. The third-order valence-electron chi connectivity index (χ3n) is 4.00. The molecule has 138 valence electrons. The normalized spacial score (nSPS) is 15.8. The lowest BCUT2D eigenvalue weighted by Crippen LogP contribution is -2.42. The molecule has 1 aliphatic heterocycles. The second-order valence-electron chi connectivity index (χ2n) is 7.34. The van der Waals surface area contributed by atoms with Gasteiger partial charge in [-0.25, -0.2) is 14.8 Å². The van der Waals surface area contributed by atoms with Gasteiger partial charge in [0.15, 0.2) is 0 Å². The fourth-order valence-electron chi connectivity index (χ4n) is 2.67. The number of nitrogens with zero attached hydrogens (tertiary/aromatic N) is 3. The number of nitrogens with one attached hydrogen (secondary N) is 1. The minimum absolute atomic E-state index is 0.263. The van der Waals surface area contributed by atoms with Crippen molar-refractivity contribution in [2.45, 2.75) is 46.1 Å². The summed E-state index contributed by atoms with van der Waals surface area (Å²) in [5.74, 6) is 0.874. The molecule has 0 saturated carbocycles. The third-order valence-corrected chi connectivity index (χ3v) is 4.00. The first kappa shape index (κ1) is 19.0. The van der Waals surface area contributed by atoms with E-state index >= 15 is 0 Å². The van der Waals surface area contributed by atoms with E-state index in [2.05, 4.69) is 15.3 Å². The molecule has 0 spiro atoms. The number of nitrogens with two attached hydrogens (primary N) is 1. The Hall–Kier alpha value is -2.38. The molecule has 1 aliphatic rings. The van der Waals surface area contributed by atoms with Crippen molar-refractivity contribution in [2.75, 3.05) is 25.0 Å². The summed E-state index contributed by atoms with van der Waals surface area (Å²) in [5, 5.41) is 3.20. The molecule has 0 bridgehead atoms. The van der Waals surface area contributed by atoms with Crippen LogP contribution < -0.4 is 11.1 Å². The van der Waals surface area contributed by atoms with Crippen molar-refractivity contribution in [3.63, 3.8) is 0 Å². The van der Waals surface area contributed by atoms with Gasteiger partial charge >= 0.3 is 6.09 Å². The van der Waals surface area contributed by atoms with Gasteiger partial charge in [0.1, 0.15) is 17.2 Å². The molecule has 0 atom stereocenters. The number of primary amides is 1. The highest BCUT2D eigenvalue weighted by Gasteiger charge is 2.27. The molecule has 2 heterocycles. The molecular formula is C17H27N5O3. The minimum Gasteiger partial charge on any atom is -0.444 e. The molecule has 1 aromatic heterocycles. The number of amides is 2. The Morgan fingerprint density at radius 3 is 2.56 bits per heavy atom. The van der Waals surface area contributed by atoms with Crippen molar-refractivity contribution in [1.29, 1.82) is 0 Å². The van der Waals surface area contributed by atoms with Crippen LogP contribution in [0.15, 0.2) is 6.20 Å². The van der Waals surface area contributed by atoms with Gasteiger partial charge in [0, 0.05) is 25.8 Å². The monoisotopic (exact) mass is 349 g/mol. The average molecular weight is 349 g/mol. The predicted molar refractivity (Wildman–Crippen MR) is 94.3 cm³/mol. The molecule has 8 heteroatoms. The molecule has 1 aromatic rings. The van der Waals surface area contributed by atoms with Crippen LogP contribution in [-0.4, -0.2) is 52.1 Å². The van der Waals surface area contributed by atoms with E-state index in [1.807, 2.05) is 20.8 Å². The van der Waals surface area contributed by atoms with Crippen LogP contribution in [-0.2, 0) is 4.74 Å². The van der Waals surface area contributed by atoms with Gasteiger partial charge in [0.05, 0.1) is 5.56 Å².